The summed E-state index contributed by atoms with van der Waals surface area (Å²) < 4.78 is 0. The standard InChI is InChI=1S/C46H36N2/c1-46(2,3)45-43-37-24-10-8-20-33(37)29-16-4-6-18-31(29)35-22-12-14-26-39(35)47-41(43)28-42-44(45)38-25-11-9-21-34(38)30-17-5-7-19-32(30)36-23-13-15-27-40(36)48-42/h4-28,47-48H,1-3H3. The van der Waals surface area contributed by atoms with Crippen molar-refractivity contribution in [1.82, 2.24) is 9.97 Å². The molecule has 0 radical (unpaired) electrons. The van der Waals surface area contributed by atoms with Crippen LogP contribution in [-0.4, -0.2) is 9.97 Å². The maximum absolute atomic E-state index is 4.00. The van der Waals surface area contributed by atoms with Crippen LogP contribution in [0.2, 0.25) is 0 Å². The molecule has 7 aromatic carbocycles. The highest BCUT2D eigenvalue weighted by molar-refractivity contribution is 6.25. The van der Waals surface area contributed by atoms with Crippen molar-refractivity contribution >= 4 is 86.7 Å². The fourth-order valence-corrected chi connectivity index (χ4v) is 7.91. The van der Waals surface area contributed by atoms with Gasteiger partial charge in [-0.15, -0.1) is 0 Å². The molecule has 2 N–H and O–H groups in total. The Labute approximate surface area is 279 Å². The van der Waals surface area contributed by atoms with Gasteiger partial charge in [-0.25, -0.2) is 0 Å². The summed E-state index contributed by atoms with van der Waals surface area (Å²) in [7, 11) is 0. The monoisotopic (exact) mass is 616 g/mol. The topological polar surface area (TPSA) is 31.6 Å². The normalized spacial score (nSPS) is 12.1. The van der Waals surface area contributed by atoms with Crippen LogP contribution in [0.4, 0.5) is 0 Å². The van der Waals surface area contributed by atoms with Crippen molar-refractivity contribution in [3.05, 3.63) is 157 Å². The van der Waals surface area contributed by atoms with E-state index in [1.165, 1.54) is 70.2 Å². The van der Waals surface area contributed by atoms with Crippen molar-refractivity contribution in [3.63, 3.8) is 0 Å². The van der Waals surface area contributed by atoms with Gasteiger partial charge in [0, 0.05) is 43.6 Å². The number of aromatic nitrogens is 2. The van der Waals surface area contributed by atoms with Crippen LogP contribution in [0.3, 0.4) is 0 Å². The lowest BCUT2D eigenvalue weighted by Gasteiger charge is -2.25. The van der Waals surface area contributed by atoms with Gasteiger partial charge in [-0.2, -0.15) is 0 Å². The molecule has 2 heteroatoms. The summed E-state index contributed by atoms with van der Waals surface area (Å²) in [6, 6.07) is 55.4. The summed E-state index contributed by atoms with van der Waals surface area (Å²) in [6.45, 7) is 7.07. The molecule has 0 bridgehead atoms. The molecule has 2 nitrogen and oxygen atoms in total. The van der Waals surface area contributed by atoms with Crippen LogP contribution < -0.4 is 0 Å². The highest BCUT2D eigenvalue weighted by atomic mass is 14.7. The Balaban J connectivity index is 1.73. The second-order valence-electron chi connectivity index (χ2n) is 13.9. The summed E-state index contributed by atoms with van der Waals surface area (Å²) in [5.41, 5.74) is 5.45. The molecule has 9 aromatic rings. The van der Waals surface area contributed by atoms with Crippen LogP contribution in [0.15, 0.2) is 152 Å². The van der Waals surface area contributed by atoms with Crippen molar-refractivity contribution in [2.24, 2.45) is 0 Å². The van der Waals surface area contributed by atoms with E-state index in [1.807, 2.05) is 0 Å². The van der Waals surface area contributed by atoms with E-state index in [1.54, 1.807) is 0 Å². The van der Waals surface area contributed by atoms with Gasteiger partial charge in [0.05, 0.1) is 0 Å². The Morgan fingerprint density at radius 2 is 0.583 bits per heavy atom. The number of H-pyrrole nitrogens is 2. The van der Waals surface area contributed by atoms with Crippen LogP contribution >= 0.6 is 0 Å². The highest BCUT2D eigenvalue weighted by Crippen LogP contribution is 2.43. The molecule has 0 spiro atoms. The van der Waals surface area contributed by atoms with Gasteiger partial charge in [-0.1, -0.05) is 154 Å². The predicted molar refractivity (Wildman–Crippen MR) is 209 cm³/mol. The zero-order chi connectivity index (χ0) is 32.4. The molecule has 0 atom stereocenters. The second kappa shape index (κ2) is 10.9. The minimum Gasteiger partial charge on any atom is -0.354 e. The summed E-state index contributed by atoms with van der Waals surface area (Å²) in [5, 5.41) is 14.7. The fraction of sp³-hybridized carbons (Fsp3) is 0.0870. The number of hydrogen-bond donors (Lipinski definition) is 2. The van der Waals surface area contributed by atoms with E-state index in [0.717, 1.165) is 22.1 Å². The zero-order valence-electron chi connectivity index (χ0n) is 27.4. The van der Waals surface area contributed by atoms with E-state index < -0.39 is 0 Å². The fourth-order valence-electron chi connectivity index (χ4n) is 7.91. The third-order valence-corrected chi connectivity index (χ3v) is 9.88. The van der Waals surface area contributed by atoms with E-state index in [2.05, 4.69) is 182 Å². The molecule has 0 saturated carbocycles. The Bertz CT molecular complexity index is 2690. The Hall–Kier alpha value is -5.86. The molecule has 0 aliphatic carbocycles. The van der Waals surface area contributed by atoms with Gasteiger partial charge in [0.25, 0.3) is 0 Å². The first-order valence-electron chi connectivity index (χ1n) is 16.8. The first kappa shape index (κ1) is 28.4. The number of rotatable bonds is 0. The number of fused-ring (bicyclic) bond motifs is 14. The lowest BCUT2D eigenvalue weighted by molar-refractivity contribution is 0.602. The molecule has 0 amide bonds. The molecule has 0 aliphatic rings. The molecule has 0 saturated heterocycles. The molecular formula is C46H36N2. The lowest BCUT2D eigenvalue weighted by Crippen LogP contribution is -2.13. The van der Waals surface area contributed by atoms with Crippen molar-refractivity contribution in [3.8, 4) is 0 Å². The minimum absolute atomic E-state index is 0.223. The van der Waals surface area contributed by atoms with Crippen LogP contribution in [0.25, 0.3) is 86.7 Å². The molecule has 2 aromatic heterocycles. The van der Waals surface area contributed by atoms with Gasteiger partial charge in [0.1, 0.15) is 0 Å². The molecule has 0 fully saturated rings. The largest absolute Gasteiger partial charge is 0.354 e. The third-order valence-electron chi connectivity index (χ3n) is 9.88. The SMILES string of the molecule is CC(C)(C)c1c2c(cc3[nH]c4ccccc4c4ccccc4c4ccccc4c13)[nH]c1ccccc1c1ccccc1c1ccccc12. The quantitative estimate of drug-likeness (QED) is 0.170. The maximum atomic E-state index is 4.00. The minimum atomic E-state index is -0.223. The number of aromatic amines is 2. The van der Waals surface area contributed by atoms with Gasteiger partial charge < -0.3 is 9.97 Å². The van der Waals surface area contributed by atoms with E-state index in [9.17, 15) is 0 Å². The van der Waals surface area contributed by atoms with Gasteiger partial charge >= 0.3 is 0 Å². The van der Waals surface area contributed by atoms with Crippen LogP contribution in [0, 0.1) is 0 Å². The molecule has 48 heavy (non-hydrogen) atoms. The first-order valence-corrected chi connectivity index (χ1v) is 16.8. The molecule has 230 valence electrons. The second-order valence-corrected chi connectivity index (χ2v) is 13.9. The average Bonchev–Trinajstić information content (AvgIpc) is 3.19. The van der Waals surface area contributed by atoms with Crippen molar-refractivity contribution < 1.29 is 0 Å². The average molecular weight is 617 g/mol. The number of nitrogens with one attached hydrogen (secondary N) is 2. The van der Waals surface area contributed by atoms with Gasteiger partial charge in [-0.3, -0.25) is 0 Å². The summed E-state index contributed by atoms with van der Waals surface area (Å²) in [5.74, 6) is 0. The Kier molecular flexibility index (Phi) is 6.42. The van der Waals surface area contributed by atoms with Crippen LogP contribution in [0.1, 0.15) is 26.3 Å². The number of benzene rings is 7. The lowest BCUT2D eigenvalue weighted by atomic mass is 9.80. The van der Waals surface area contributed by atoms with E-state index in [-0.39, 0.29) is 5.41 Å². The molecule has 0 aliphatic heterocycles. The van der Waals surface area contributed by atoms with Gasteiger partial charge in [-0.05, 0) is 72.3 Å². The third kappa shape index (κ3) is 4.41. The van der Waals surface area contributed by atoms with Gasteiger partial charge in [0.15, 0.2) is 0 Å². The summed E-state index contributed by atoms with van der Waals surface area (Å²) in [6.07, 6.45) is 0. The van der Waals surface area contributed by atoms with E-state index >= 15 is 0 Å². The molecule has 2 heterocycles. The van der Waals surface area contributed by atoms with Crippen molar-refractivity contribution in [2.75, 3.05) is 0 Å². The predicted octanol–water partition coefficient (Wildman–Crippen LogP) is 13.1. The van der Waals surface area contributed by atoms with Crippen LogP contribution in [-0.2, 0) is 5.41 Å². The summed E-state index contributed by atoms with van der Waals surface area (Å²) >= 11 is 0. The maximum Gasteiger partial charge on any atom is 0.0488 e. The van der Waals surface area contributed by atoms with Crippen LogP contribution in [0.5, 0.6) is 0 Å². The van der Waals surface area contributed by atoms with E-state index in [0.29, 0.717) is 0 Å². The highest BCUT2D eigenvalue weighted by Gasteiger charge is 2.24. The van der Waals surface area contributed by atoms with E-state index in [4.69, 9.17) is 0 Å². The first-order chi connectivity index (χ1) is 23.5. The summed E-state index contributed by atoms with van der Waals surface area (Å²) in [4.78, 5) is 8.01. The Morgan fingerprint density at radius 3 is 0.938 bits per heavy atom. The van der Waals surface area contributed by atoms with Crippen molar-refractivity contribution in [2.45, 2.75) is 26.2 Å². The molecule has 0 unspecified atom stereocenters. The number of para-hydroxylation sites is 2. The molecule has 9 rings (SSSR count). The van der Waals surface area contributed by atoms with Crippen molar-refractivity contribution in [1.29, 1.82) is 0 Å². The number of hydrogen-bond acceptors (Lipinski definition) is 0. The smallest absolute Gasteiger partial charge is 0.0488 e. The molecular weight excluding hydrogens is 581 g/mol. The Morgan fingerprint density at radius 1 is 0.312 bits per heavy atom. The zero-order valence-corrected chi connectivity index (χ0v) is 27.4. The van der Waals surface area contributed by atoms with Gasteiger partial charge in [0.2, 0.25) is 0 Å².